The van der Waals surface area contributed by atoms with Gasteiger partial charge in [-0.25, -0.2) is 4.79 Å². The number of benzene rings is 2. The Morgan fingerprint density at radius 1 is 1.04 bits per heavy atom. The molecular weight excluding hydrogens is 424 g/mol. The van der Waals surface area contributed by atoms with Crippen molar-refractivity contribution in [3.05, 3.63) is 65.7 Å². The molecule has 1 aliphatic heterocycles. The Kier molecular flexibility index (Phi) is 6.14. The van der Waals surface area contributed by atoms with Gasteiger partial charge in [0.05, 0.1) is 0 Å². The van der Waals surface area contributed by atoms with E-state index in [4.69, 9.17) is 14.0 Å². The highest BCUT2D eigenvalue weighted by Crippen LogP contribution is 2.48. The molecule has 0 aliphatic carbocycles. The fourth-order valence-electron chi connectivity index (χ4n) is 2.29. The van der Waals surface area contributed by atoms with Gasteiger partial charge < -0.3 is 9.47 Å². The van der Waals surface area contributed by atoms with Gasteiger partial charge in [-0.2, -0.15) is 8.42 Å². The third kappa shape index (κ3) is 4.96. The van der Waals surface area contributed by atoms with Gasteiger partial charge in [0.15, 0.2) is 4.58 Å². The summed E-state index contributed by atoms with van der Waals surface area (Å²) in [6.45, 7) is 1.24. The number of rotatable bonds is 5. The number of esters is 2. The van der Waals surface area contributed by atoms with Crippen LogP contribution < -0.4 is 9.47 Å². The highest BCUT2D eigenvalue weighted by Gasteiger charge is 2.28. The molecule has 28 heavy (non-hydrogen) atoms. The lowest BCUT2D eigenvalue weighted by Gasteiger charge is -2.09. The van der Waals surface area contributed by atoms with Crippen molar-refractivity contribution < 1.29 is 32.0 Å². The molecule has 1 aliphatic rings. The van der Waals surface area contributed by atoms with Crippen molar-refractivity contribution >= 4 is 48.5 Å². The van der Waals surface area contributed by atoms with Gasteiger partial charge >= 0.3 is 11.9 Å². The van der Waals surface area contributed by atoms with Crippen LogP contribution in [0.15, 0.2) is 54.6 Å². The first kappa shape index (κ1) is 20.5. The van der Waals surface area contributed by atoms with Crippen molar-refractivity contribution in [3.8, 4) is 11.5 Å². The molecule has 1 N–H and O–H groups in total. The van der Waals surface area contributed by atoms with Crippen LogP contribution in [-0.2, 0) is 14.9 Å². The number of hydrogen-bond donors (Lipinski definition) is 1. The summed E-state index contributed by atoms with van der Waals surface area (Å²) < 4.78 is 40.8. The molecule has 2 aromatic carbocycles. The van der Waals surface area contributed by atoms with Crippen LogP contribution in [-0.4, -0.2) is 29.5 Å². The largest absolute Gasteiger partial charge is 0.426 e. The molecule has 3 rings (SSSR count). The van der Waals surface area contributed by atoms with Gasteiger partial charge in [0.2, 0.25) is 0 Å². The first-order chi connectivity index (χ1) is 13.2. The highest BCUT2D eigenvalue weighted by atomic mass is 33.1. The van der Waals surface area contributed by atoms with Crippen LogP contribution in [0.5, 0.6) is 11.5 Å². The normalized spacial score (nSPS) is 16.4. The fraction of sp³-hybridized carbons (Fsp3) is 0.111. The summed E-state index contributed by atoms with van der Waals surface area (Å²) in [5.74, 6) is -0.847. The average molecular weight is 439 g/mol. The predicted octanol–water partition coefficient (Wildman–Crippen LogP) is 3.78. The van der Waals surface area contributed by atoms with Crippen LogP contribution in [0, 0.1) is 0 Å². The minimum atomic E-state index is -4.15. The fourth-order valence-corrected chi connectivity index (χ4v) is 6.44. The quantitative estimate of drug-likeness (QED) is 0.323. The van der Waals surface area contributed by atoms with E-state index in [2.05, 4.69) is 0 Å². The molecule has 0 spiro atoms. The van der Waals surface area contributed by atoms with Gasteiger partial charge in [-0.15, -0.1) is 0 Å². The predicted molar refractivity (Wildman–Crippen MR) is 108 cm³/mol. The van der Waals surface area contributed by atoms with E-state index < -0.39 is 26.6 Å². The Morgan fingerprint density at radius 2 is 1.71 bits per heavy atom. The zero-order valence-electron chi connectivity index (χ0n) is 14.4. The monoisotopic (exact) mass is 438 g/mol. The van der Waals surface area contributed by atoms with Crippen molar-refractivity contribution in [2.75, 3.05) is 0 Å². The summed E-state index contributed by atoms with van der Waals surface area (Å²) in [6.07, 6.45) is 1.46. The minimum absolute atomic E-state index is 0.109. The molecule has 0 aromatic heterocycles. The maximum Gasteiger partial charge on any atom is 0.347 e. The van der Waals surface area contributed by atoms with E-state index in [1.165, 1.54) is 35.9 Å². The molecule has 0 fully saturated rings. The lowest BCUT2D eigenvalue weighted by molar-refractivity contribution is -0.131. The van der Waals surface area contributed by atoms with Crippen LogP contribution in [0.1, 0.15) is 22.8 Å². The Morgan fingerprint density at radius 3 is 2.32 bits per heavy atom. The second-order valence-corrected chi connectivity index (χ2v) is 9.82. The summed E-state index contributed by atoms with van der Waals surface area (Å²) in [4.78, 5) is 24.2. The van der Waals surface area contributed by atoms with Gasteiger partial charge in [-0.3, -0.25) is 9.35 Å². The van der Waals surface area contributed by atoms with Crippen LogP contribution >= 0.6 is 21.6 Å². The number of ether oxygens (including phenoxy) is 2. The molecule has 2 aromatic rings. The van der Waals surface area contributed by atoms with E-state index >= 15 is 0 Å². The van der Waals surface area contributed by atoms with Crippen molar-refractivity contribution in [2.45, 2.75) is 11.5 Å². The van der Waals surface area contributed by atoms with Crippen LogP contribution in [0.3, 0.4) is 0 Å². The van der Waals surface area contributed by atoms with E-state index in [0.717, 1.165) is 16.4 Å². The molecule has 0 saturated carbocycles. The number of hydrogen-bond acceptors (Lipinski definition) is 8. The molecule has 0 radical (unpaired) electrons. The van der Waals surface area contributed by atoms with Crippen LogP contribution in [0.4, 0.5) is 0 Å². The van der Waals surface area contributed by atoms with Gasteiger partial charge in [0, 0.05) is 11.8 Å². The number of para-hydroxylation sites is 1. The van der Waals surface area contributed by atoms with E-state index in [-0.39, 0.29) is 17.1 Å². The molecule has 0 bridgehead atoms. The van der Waals surface area contributed by atoms with Crippen molar-refractivity contribution in [3.63, 3.8) is 0 Å². The van der Waals surface area contributed by atoms with E-state index in [9.17, 15) is 18.0 Å². The topological polar surface area (TPSA) is 107 Å². The minimum Gasteiger partial charge on any atom is -0.426 e. The smallest absolute Gasteiger partial charge is 0.347 e. The standard InChI is InChI=1S/C18H14O7S3/c1-11(19)24-15-5-3-2-4-14(15)18(20)25-13-8-6-12(7-9-13)16-10-17(27-26-16)28(21,22)23/h2-10,17H,1H3,(H,21,22,23). The lowest BCUT2D eigenvalue weighted by Crippen LogP contribution is -2.12. The van der Waals surface area contributed by atoms with Crippen LogP contribution in [0.25, 0.3) is 4.91 Å². The Hall–Kier alpha value is -2.27. The summed E-state index contributed by atoms with van der Waals surface area (Å²) >= 11 is 0. The summed E-state index contributed by atoms with van der Waals surface area (Å²) in [5, 5.41) is 0. The summed E-state index contributed by atoms with van der Waals surface area (Å²) in [5.41, 5.74) is 0.840. The van der Waals surface area contributed by atoms with Crippen molar-refractivity contribution in [1.82, 2.24) is 0 Å². The first-order valence-electron chi connectivity index (χ1n) is 7.85. The molecular formula is C18H14O7S3. The number of carbonyl (C=O) groups excluding carboxylic acids is 2. The summed E-state index contributed by atoms with van der Waals surface area (Å²) in [6, 6.07) is 12.7. The van der Waals surface area contributed by atoms with Crippen LogP contribution in [0.2, 0.25) is 0 Å². The second kappa shape index (κ2) is 8.39. The SMILES string of the molecule is CC(=O)Oc1ccccc1C(=O)Oc1ccc(C2=CC(S(=O)(=O)O)SS2)cc1. The molecule has 0 amide bonds. The van der Waals surface area contributed by atoms with E-state index in [0.29, 0.717) is 4.91 Å². The zero-order chi connectivity index (χ0) is 20.3. The average Bonchev–Trinajstić information content (AvgIpc) is 3.13. The molecule has 1 heterocycles. The van der Waals surface area contributed by atoms with E-state index in [1.807, 2.05) is 0 Å². The third-order valence-corrected chi connectivity index (χ3v) is 8.05. The second-order valence-electron chi connectivity index (χ2n) is 5.60. The van der Waals surface area contributed by atoms with Crippen molar-refractivity contribution in [2.24, 2.45) is 0 Å². The maximum absolute atomic E-state index is 12.4. The van der Waals surface area contributed by atoms with Gasteiger partial charge in [-0.1, -0.05) is 45.9 Å². The molecule has 1 atom stereocenters. The number of carbonyl (C=O) groups is 2. The van der Waals surface area contributed by atoms with Gasteiger partial charge in [0.25, 0.3) is 10.1 Å². The maximum atomic E-state index is 12.4. The Balaban J connectivity index is 1.74. The highest BCUT2D eigenvalue weighted by molar-refractivity contribution is 8.82. The van der Waals surface area contributed by atoms with Gasteiger partial charge in [-0.05, 0) is 35.9 Å². The first-order valence-corrected chi connectivity index (χ1v) is 11.6. The van der Waals surface area contributed by atoms with Crippen molar-refractivity contribution in [1.29, 1.82) is 0 Å². The molecule has 0 saturated heterocycles. The molecule has 1 unspecified atom stereocenters. The molecule has 146 valence electrons. The van der Waals surface area contributed by atoms with Gasteiger partial charge in [0.1, 0.15) is 17.1 Å². The lowest BCUT2D eigenvalue weighted by atomic mass is 10.2. The third-order valence-electron chi connectivity index (χ3n) is 3.52. The Bertz CT molecular complexity index is 1040. The zero-order valence-corrected chi connectivity index (χ0v) is 16.8. The molecule has 10 heteroatoms. The molecule has 7 nitrogen and oxygen atoms in total. The van der Waals surface area contributed by atoms with E-state index in [1.54, 1.807) is 36.4 Å². The summed E-state index contributed by atoms with van der Waals surface area (Å²) in [7, 11) is -1.88. The Labute approximate surface area is 169 Å².